The molecule has 0 saturated heterocycles. The van der Waals surface area contributed by atoms with Gasteiger partial charge in [0.05, 0.1) is 5.69 Å². The van der Waals surface area contributed by atoms with Gasteiger partial charge in [0.2, 0.25) is 0 Å². The number of anilines is 1. The van der Waals surface area contributed by atoms with E-state index in [1.807, 2.05) is 19.1 Å². The molecule has 0 saturated carbocycles. The molecule has 0 aliphatic carbocycles. The number of nitrogens with two attached hydrogens (primary N) is 1. The van der Waals surface area contributed by atoms with E-state index < -0.39 is 0 Å². The number of hydrogen-bond acceptors (Lipinski definition) is 2. The van der Waals surface area contributed by atoms with E-state index in [0.717, 1.165) is 5.56 Å². The Hall–Kier alpha value is -1.44. The van der Waals surface area contributed by atoms with Gasteiger partial charge in [-0.15, -0.1) is 6.58 Å². The van der Waals surface area contributed by atoms with Crippen LogP contribution >= 0.6 is 0 Å². The number of aromatic hydroxyl groups is 1. The zero-order valence-corrected chi connectivity index (χ0v) is 7.12. The fourth-order valence-electron chi connectivity index (χ4n) is 1.07. The van der Waals surface area contributed by atoms with Crippen molar-refractivity contribution in [2.75, 3.05) is 5.73 Å². The lowest BCUT2D eigenvalue weighted by atomic mass is 10.00. The first kappa shape index (κ1) is 8.65. The van der Waals surface area contributed by atoms with Crippen molar-refractivity contribution < 1.29 is 5.11 Å². The number of para-hydroxylation sites is 1. The number of allylic oxidation sites excluding steroid dienone is 1. The average Bonchev–Trinajstić information content (AvgIpc) is 2.08. The first-order chi connectivity index (χ1) is 5.66. The summed E-state index contributed by atoms with van der Waals surface area (Å²) in [7, 11) is 0. The number of nitrogen functional groups attached to an aromatic ring is 1. The third-order valence-electron chi connectivity index (χ3n) is 1.94. The van der Waals surface area contributed by atoms with Crippen molar-refractivity contribution in [3.63, 3.8) is 0 Å². The number of phenols is 1. The summed E-state index contributed by atoms with van der Waals surface area (Å²) in [5, 5.41) is 9.53. The van der Waals surface area contributed by atoms with Crippen LogP contribution in [0.1, 0.15) is 18.4 Å². The molecule has 0 bridgehead atoms. The minimum Gasteiger partial charge on any atom is -0.505 e. The summed E-state index contributed by atoms with van der Waals surface area (Å²) in [6, 6.07) is 5.34. The Labute approximate surface area is 72.3 Å². The van der Waals surface area contributed by atoms with Crippen LogP contribution in [0.5, 0.6) is 5.75 Å². The maximum Gasteiger partial charge on any atom is 0.142 e. The Kier molecular flexibility index (Phi) is 2.38. The third kappa shape index (κ3) is 1.42. The summed E-state index contributed by atoms with van der Waals surface area (Å²) in [6.07, 6.45) is 1.77. The second kappa shape index (κ2) is 3.30. The van der Waals surface area contributed by atoms with Crippen LogP contribution in [-0.2, 0) is 0 Å². The molecule has 0 unspecified atom stereocenters. The first-order valence-corrected chi connectivity index (χ1v) is 3.86. The molecule has 64 valence electrons. The topological polar surface area (TPSA) is 46.2 Å². The summed E-state index contributed by atoms with van der Waals surface area (Å²) in [5.74, 6) is 0.304. The summed E-state index contributed by atoms with van der Waals surface area (Å²) in [4.78, 5) is 0. The highest BCUT2D eigenvalue weighted by Crippen LogP contribution is 2.30. The van der Waals surface area contributed by atoms with Gasteiger partial charge in [-0.2, -0.15) is 0 Å². The van der Waals surface area contributed by atoms with Crippen LogP contribution in [0.15, 0.2) is 30.9 Å². The van der Waals surface area contributed by atoms with Crippen LogP contribution in [0.3, 0.4) is 0 Å². The van der Waals surface area contributed by atoms with E-state index in [4.69, 9.17) is 5.73 Å². The van der Waals surface area contributed by atoms with E-state index >= 15 is 0 Å². The van der Waals surface area contributed by atoms with E-state index in [1.165, 1.54) is 0 Å². The molecule has 2 heteroatoms. The lowest BCUT2D eigenvalue weighted by Crippen LogP contribution is -1.93. The van der Waals surface area contributed by atoms with Crippen molar-refractivity contribution >= 4 is 5.69 Å². The van der Waals surface area contributed by atoms with Crippen molar-refractivity contribution in [2.24, 2.45) is 0 Å². The fraction of sp³-hybridized carbons (Fsp3) is 0.200. The predicted octanol–water partition coefficient (Wildman–Crippen LogP) is 2.26. The van der Waals surface area contributed by atoms with Crippen LogP contribution in [-0.4, -0.2) is 5.11 Å². The first-order valence-electron chi connectivity index (χ1n) is 3.86. The van der Waals surface area contributed by atoms with Crippen molar-refractivity contribution in [1.29, 1.82) is 0 Å². The maximum absolute atomic E-state index is 9.53. The minimum absolute atomic E-state index is 0.133. The van der Waals surface area contributed by atoms with Gasteiger partial charge in [-0.25, -0.2) is 0 Å². The van der Waals surface area contributed by atoms with Gasteiger partial charge in [0.25, 0.3) is 0 Å². The van der Waals surface area contributed by atoms with Gasteiger partial charge in [0.1, 0.15) is 5.75 Å². The summed E-state index contributed by atoms with van der Waals surface area (Å²) >= 11 is 0. The Bertz CT molecular complexity index is 294. The third-order valence-corrected chi connectivity index (χ3v) is 1.94. The molecule has 0 heterocycles. The van der Waals surface area contributed by atoms with Crippen molar-refractivity contribution in [1.82, 2.24) is 0 Å². The molecule has 12 heavy (non-hydrogen) atoms. The Morgan fingerprint density at radius 1 is 1.58 bits per heavy atom. The monoisotopic (exact) mass is 163 g/mol. The van der Waals surface area contributed by atoms with Crippen LogP contribution in [0, 0.1) is 0 Å². The predicted molar refractivity (Wildman–Crippen MR) is 51.1 cm³/mol. The molecule has 1 aromatic carbocycles. The molecule has 0 spiro atoms. The largest absolute Gasteiger partial charge is 0.505 e. The second-order valence-electron chi connectivity index (χ2n) is 2.81. The highest BCUT2D eigenvalue weighted by molar-refractivity contribution is 5.57. The lowest BCUT2D eigenvalue weighted by molar-refractivity contribution is 0.469. The molecule has 0 aliphatic rings. The molecule has 0 aromatic heterocycles. The van der Waals surface area contributed by atoms with E-state index in [-0.39, 0.29) is 11.7 Å². The van der Waals surface area contributed by atoms with E-state index in [9.17, 15) is 5.11 Å². The van der Waals surface area contributed by atoms with Crippen LogP contribution in [0.2, 0.25) is 0 Å². The summed E-state index contributed by atoms with van der Waals surface area (Å²) < 4.78 is 0. The van der Waals surface area contributed by atoms with Gasteiger partial charge in [0.15, 0.2) is 0 Å². The van der Waals surface area contributed by atoms with Crippen LogP contribution in [0.4, 0.5) is 5.69 Å². The van der Waals surface area contributed by atoms with Crippen molar-refractivity contribution in [3.8, 4) is 5.75 Å². The SMILES string of the molecule is C=C[C@@H](C)c1cccc(N)c1O. The molecule has 1 aromatic rings. The standard InChI is InChI=1S/C10H13NO/c1-3-7(2)8-5-4-6-9(11)10(8)12/h3-7,12H,1,11H2,2H3/t7-/m1/s1. The zero-order valence-electron chi connectivity index (χ0n) is 7.12. The molecular weight excluding hydrogens is 150 g/mol. The molecule has 1 rings (SSSR count). The Morgan fingerprint density at radius 2 is 2.25 bits per heavy atom. The van der Waals surface area contributed by atoms with E-state index in [0.29, 0.717) is 5.69 Å². The van der Waals surface area contributed by atoms with Gasteiger partial charge in [-0.1, -0.05) is 25.1 Å². The normalized spacial score (nSPS) is 12.4. The van der Waals surface area contributed by atoms with Gasteiger partial charge in [0, 0.05) is 11.5 Å². The molecule has 2 nitrogen and oxygen atoms in total. The number of benzene rings is 1. The quantitative estimate of drug-likeness (QED) is 0.399. The van der Waals surface area contributed by atoms with E-state index in [1.54, 1.807) is 12.1 Å². The number of phenolic OH excluding ortho intramolecular Hbond substituents is 1. The molecule has 0 radical (unpaired) electrons. The van der Waals surface area contributed by atoms with Gasteiger partial charge >= 0.3 is 0 Å². The molecule has 0 fully saturated rings. The lowest BCUT2D eigenvalue weighted by Gasteiger charge is -2.09. The highest BCUT2D eigenvalue weighted by atomic mass is 16.3. The van der Waals surface area contributed by atoms with Crippen molar-refractivity contribution in [2.45, 2.75) is 12.8 Å². The number of rotatable bonds is 2. The molecular formula is C10H13NO. The highest BCUT2D eigenvalue weighted by Gasteiger charge is 2.08. The number of hydrogen-bond donors (Lipinski definition) is 2. The van der Waals surface area contributed by atoms with Crippen LogP contribution < -0.4 is 5.73 Å². The average molecular weight is 163 g/mol. The van der Waals surface area contributed by atoms with Gasteiger partial charge in [-0.3, -0.25) is 0 Å². The van der Waals surface area contributed by atoms with Gasteiger partial charge in [-0.05, 0) is 6.07 Å². The smallest absolute Gasteiger partial charge is 0.142 e. The van der Waals surface area contributed by atoms with E-state index in [2.05, 4.69) is 6.58 Å². The van der Waals surface area contributed by atoms with Crippen LogP contribution in [0.25, 0.3) is 0 Å². The Morgan fingerprint density at radius 3 is 2.83 bits per heavy atom. The molecule has 3 N–H and O–H groups in total. The maximum atomic E-state index is 9.53. The Balaban J connectivity index is 3.15. The molecule has 0 aliphatic heterocycles. The molecule has 0 amide bonds. The zero-order chi connectivity index (χ0) is 9.14. The fourth-order valence-corrected chi connectivity index (χ4v) is 1.07. The van der Waals surface area contributed by atoms with Gasteiger partial charge < -0.3 is 10.8 Å². The summed E-state index contributed by atoms with van der Waals surface area (Å²) in [6.45, 7) is 5.62. The summed E-state index contributed by atoms with van der Waals surface area (Å²) in [5.41, 5.74) is 6.77. The second-order valence-corrected chi connectivity index (χ2v) is 2.81. The minimum atomic E-state index is 0.133. The molecule has 1 atom stereocenters. The van der Waals surface area contributed by atoms with Crippen molar-refractivity contribution in [3.05, 3.63) is 36.4 Å².